The zero-order valence-corrected chi connectivity index (χ0v) is 11.9. The highest BCUT2D eigenvalue weighted by Gasteiger charge is 2.18. The summed E-state index contributed by atoms with van der Waals surface area (Å²) in [7, 11) is 0. The number of primary amides is 1. The second-order valence-corrected chi connectivity index (χ2v) is 4.85. The zero-order valence-electron chi connectivity index (χ0n) is 11.9. The van der Waals surface area contributed by atoms with E-state index in [0.29, 0.717) is 31.2 Å². The highest BCUT2D eigenvalue weighted by atomic mass is 19.2. The maximum atomic E-state index is 13.1. The van der Waals surface area contributed by atoms with Gasteiger partial charge in [-0.2, -0.15) is 5.26 Å². The highest BCUT2D eigenvalue weighted by molar-refractivity contribution is 5.87. The molecule has 1 rings (SSSR count). The molecule has 0 spiro atoms. The van der Waals surface area contributed by atoms with Crippen LogP contribution in [0.25, 0.3) is 0 Å². The smallest absolute Gasteiger partial charge is 0.239 e. The number of unbranched alkanes of at least 4 members (excludes halogenated alkanes) is 2. The van der Waals surface area contributed by atoms with Gasteiger partial charge in [0.1, 0.15) is 6.04 Å². The van der Waals surface area contributed by atoms with Crippen molar-refractivity contribution in [3.05, 3.63) is 35.4 Å². The molecule has 118 valence electrons. The largest absolute Gasteiger partial charge is 0.368 e. The molecule has 5 nitrogen and oxygen atoms in total. The summed E-state index contributed by atoms with van der Waals surface area (Å²) in [4.78, 5) is 23.1. The molecule has 0 radical (unpaired) electrons. The van der Waals surface area contributed by atoms with Gasteiger partial charge in [-0.15, -0.1) is 0 Å². The molecule has 0 aliphatic heterocycles. The summed E-state index contributed by atoms with van der Waals surface area (Å²) >= 11 is 0. The van der Waals surface area contributed by atoms with Crippen LogP contribution in [0, 0.1) is 23.0 Å². The Kier molecular flexibility index (Phi) is 6.96. The Bertz CT molecular complexity index is 585. The summed E-state index contributed by atoms with van der Waals surface area (Å²) in [5.74, 6) is -3.20. The van der Waals surface area contributed by atoms with Crippen molar-refractivity contribution in [1.29, 1.82) is 5.26 Å². The first-order chi connectivity index (χ1) is 10.4. The minimum atomic E-state index is -1.03. The van der Waals surface area contributed by atoms with Gasteiger partial charge in [-0.1, -0.05) is 6.07 Å². The number of nitrogens with two attached hydrogens (primary N) is 1. The fraction of sp³-hybridized carbons (Fsp3) is 0.400. The Morgan fingerprint density at radius 2 is 2.00 bits per heavy atom. The molecular weight excluding hydrogens is 292 g/mol. The van der Waals surface area contributed by atoms with E-state index in [0.717, 1.165) is 12.1 Å². The van der Waals surface area contributed by atoms with Gasteiger partial charge in [-0.25, -0.2) is 8.78 Å². The molecule has 1 aromatic rings. The second-order valence-electron chi connectivity index (χ2n) is 4.85. The van der Waals surface area contributed by atoms with Gasteiger partial charge in [0.2, 0.25) is 11.8 Å². The van der Waals surface area contributed by atoms with Crippen LogP contribution in [0.1, 0.15) is 31.2 Å². The molecule has 7 heteroatoms. The Labute approximate surface area is 127 Å². The maximum Gasteiger partial charge on any atom is 0.239 e. The van der Waals surface area contributed by atoms with Crippen molar-refractivity contribution < 1.29 is 18.4 Å². The lowest BCUT2D eigenvalue weighted by Crippen LogP contribution is -2.45. The number of nitrogens with one attached hydrogen (secondary N) is 1. The lowest BCUT2D eigenvalue weighted by atomic mass is 10.1. The molecule has 0 unspecified atom stereocenters. The monoisotopic (exact) mass is 309 g/mol. The zero-order chi connectivity index (χ0) is 16.5. The fourth-order valence-corrected chi connectivity index (χ4v) is 1.92. The van der Waals surface area contributed by atoms with E-state index in [1.165, 1.54) is 6.07 Å². The van der Waals surface area contributed by atoms with Gasteiger partial charge in [-0.05, 0) is 37.0 Å². The first-order valence-electron chi connectivity index (χ1n) is 6.83. The van der Waals surface area contributed by atoms with Gasteiger partial charge >= 0.3 is 0 Å². The standard InChI is InChI=1S/C15H17F2N3O2/c16-11-6-5-10(8-12(11)17)9-14(21)20-13(15(19)22)4-2-1-3-7-18/h5-6,8,13H,1-4,9H2,(H2,19,22)(H,20,21)/t13-/m1/s1. The summed E-state index contributed by atoms with van der Waals surface area (Å²) in [6, 6.07) is 4.31. The summed E-state index contributed by atoms with van der Waals surface area (Å²) in [5.41, 5.74) is 5.50. The molecule has 22 heavy (non-hydrogen) atoms. The normalized spacial score (nSPS) is 11.5. The summed E-state index contributed by atoms with van der Waals surface area (Å²) in [6.07, 6.45) is 1.71. The van der Waals surface area contributed by atoms with Gasteiger partial charge in [0, 0.05) is 6.42 Å². The van der Waals surface area contributed by atoms with Crippen LogP contribution in [0.3, 0.4) is 0 Å². The van der Waals surface area contributed by atoms with Crippen molar-refractivity contribution in [2.75, 3.05) is 0 Å². The average Bonchev–Trinajstić information content (AvgIpc) is 2.46. The number of hydrogen-bond acceptors (Lipinski definition) is 3. The number of carbonyl (C=O) groups excluding carboxylic acids is 2. The number of benzene rings is 1. The molecule has 0 fully saturated rings. The van der Waals surface area contributed by atoms with Gasteiger partial charge in [0.25, 0.3) is 0 Å². The Balaban J connectivity index is 2.54. The first-order valence-corrected chi connectivity index (χ1v) is 6.83. The molecule has 0 aromatic heterocycles. The summed E-state index contributed by atoms with van der Waals surface area (Å²) < 4.78 is 25.8. The van der Waals surface area contributed by atoms with Gasteiger partial charge in [0.05, 0.1) is 12.5 Å². The maximum absolute atomic E-state index is 13.1. The van der Waals surface area contributed by atoms with Gasteiger partial charge in [-0.3, -0.25) is 9.59 Å². The van der Waals surface area contributed by atoms with Crippen LogP contribution in [0.4, 0.5) is 8.78 Å². The molecule has 0 saturated heterocycles. The molecule has 1 aromatic carbocycles. The minimum absolute atomic E-state index is 0.181. The van der Waals surface area contributed by atoms with E-state index in [1.54, 1.807) is 0 Å². The van der Waals surface area contributed by atoms with Crippen LogP contribution in [0.2, 0.25) is 0 Å². The fourth-order valence-electron chi connectivity index (χ4n) is 1.92. The third-order valence-electron chi connectivity index (χ3n) is 3.06. The minimum Gasteiger partial charge on any atom is -0.368 e. The van der Waals surface area contributed by atoms with Gasteiger partial charge < -0.3 is 11.1 Å². The van der Waals surface area contributed by atoms with E-state index in [1.807, 2.05) is 6.07 Å². The summed E-state index contributed by atoms with van der Waals surface area (Å²) in [6.45, 7) is 0. The Morgan fingerprint density at radius 1 is 1.27 bits per heavy atom. The Morgan fingerprint density at radius 3 is 2.59 bits per heavy atom. The van der Waals surface area contributed by atoms with Crippen LogP contribution >= 0.6 is 0 Å². The first kappa shape index (κ1) is 17.6. The van der Waals surface area contributed by atoms with E-state index in [9.17, 15) is 18.4 Å². The molecule has 3 N–H and O–H groups in total. The van der Waals surface area contributed by atoms with Crippen molar-refractivity contribution in [2.24, 2.45) is 5.73 Å². The third-order valence-corrected chi connectivity index (χ3v) is 3.06. The van der Waals surface area contributed by atoms with Crippen molar-refractivity contribution in [1.82, 2.24) is 5.32 Å². The van der Waals surface area contributed by atoms with Crippen LogP contribution in [-0.4, -0.2) is 17.9 Å². The number of nitriles is 1. The third kappa shape index (κ3) is 5.87. The quantitative estimate of drug-likeness (QED) is 0.713. The van der Waals surface area contributed by atoms with Crippen LogP contribution < -0.4 is 11.1 Å². The van der Waals surface area contributed by atoms with E-state index in [4.69, 9.17) is 11.0 Å². The number of halogens is 2. The number of carbonyl (C=O) groups is 2. The predicted molar refractivity (Wildman–Crippen MR) is 75.3 cm³/mol. The van der Waals surface area contributed by atoms with Crippen LogP contribution in [-0.2, 0) is 16.0 Å². The molecule has 1 atom stereocenters. The number of nitrogens with zero attached hydrogens (tertiary/aromatic N) is 1. The van der Waals surface area contributed by atoms with Crippen LogP contribution in [0.15, 0.2) is 18.2 Å². The van der Waals surface area contributed by atoms with E-state index >= 15 is 0 Å². The van der Waals surface area contributed by atoms with E-state index in [2.05, 4.69) is 5.32 Å². The van der Waals surface area contributed by atoms with Crippen molar-refractivity contribution in [3.8, 4) is 6.07 Å². The van der Waals surface area contributed by atoms with Crippen molar-refractivity contribution >= 4 is 11.8 Å². The molecule has 2 amide bonds. The predicted octanol–water partition coefficient (Wildman–Crippen LogP) is 1.56. The van der Waals surface area contributed by atoms with Crippen LogP contribution in [0.5, 0.6) is 0 Å². The number of rotatable bonds is 8. The average molecular weight is 309 g/mol. The Hall–Kier alpha value is -2.49. The van der Waals surface area contributed by atoms with E-state index in [-0.39, 0.29) is 6.42 Å². The molecular formula is C15H17F2N3O2. The molecule has 0 bridgehead atoms. The lowest BCUT2D eigenvalue weighted by molar-refractivity contribution is -0.127. The van der Waals surface area contributed by atoms with Crippen molar-refractivity contribution in [2.45, 2.75) is 38.1 Å². The highest BCUT2D eigenvalue weighted by Crippen LogP contribution is 2.10. The lowest BCUT2D eigenvalue weighted by Gasteiger charge is -2.15. The van der Waals surface area contributed by atoms with Gasteiger partial charge in [0.15, 0.2) is 11.6 Å². The second kappa shape index (κ2) is 8.72. The summed E-state index contributed by atoms with van der Waals surface area (Å²) in [5, 5.41) is 10.9. The molecule has 0 aliphatic carbocycles. The molecule has 0 heterocycles. The topological polar surface area (TPSA) is 96.0 Å². The van der Waals surface area contributed by atoms with Crippen molar-refractivity contribution in [3.63, 3.8) is 0 Å². The van der Waals surface area contributed by atoms with E-state index < -0.39 is 29.5 Å². The molecule has 0 aliphatic rings. The number of hydrogen-bond donors (Lipinski definition) is 2. The number of amides is 2. The molecule has 0 saturated carbocycles. The SMILES string of the molecule is N#CCCCC[C@@H](NC(=O)Cc1ccc(F)c(F)c1)C(N)=O.